The molecule has 0 N–H and O–H groups in total. The Bertz CT molecular complexity index is 1730. The lowest BCUT2D eigenvalue weighted by Gasteiger charge is -2.43. The van der Waals surface area contributed by atoms with E-state index in [1.54, 1.807) is 7.11 Å². The van der Waals surface area contributed by atoms with E-state index in [0.717, 1.165) is 30.6 Å². The van der Waals surface area contributed by atoms with E-state index >= 15 is 0 Å². The Kier molecular flexibility index (Phi) is 16.1. The minimum absolute atomic E-state index is 0.0310. The normalized spacial score (nSPS) is 18.6. The standard InChI is InChI=1S/C49H68O6Si2/c1-48(2,3)56(8,9)55-47-34-43(38-53-57(49(4,5)6,44-24-15-11-16-25-44)45-26-17-12-18-27-45)54-46(47)33-41(37-52-36-39-21-13-10-14-22-39)23-19-20-32-51-35-40-28-30-42(50-7)31-29-40/h10-19,21-31,41,43,46-47H,20,32-38H2,1-9H3/b23-19+/t41-,43-,46+,47+/m0/s1. The summed E-state index contributed by atoms with van der Waals surface area (Å²) in [6.45, 7) is 21.5. The van der Waals surface area contributed by atoms with Gasteiger partial charge in [0.15, 0.2) is 8.32 Å². The van der Waals surface area contributed by atoms with Crippen molar-refractivity contribution in [2.24, 2.45) is 5.92 Å². The Labute approximate surface area is 346 Å². The fraction of sp³-hybridized carbons (Fsp3) is 0.469. The molecule has 4 aromatic rings. The van der Waals surface area contributed by atoms with Gasteiger partial charge < -0.3 is 27.8 Å². The zero-order valence-corrected chi connectivity index (χ0v) is 38.0. The smallest absolute Gasteiger partial charge is 0.261 e. The first kappa shape index (κ1) is 44.8. The molecule has 1 aliphatic rings. The molecule has 5 rings (SSSR count). The molecule has 8 heteroatoms. The van der Waals surface area contributed by atoms with Crippen molar-refractivity contribution in [2.45, 2.75) is 116 Å². The quantitative estimate of drug-likeness (QED) is 0.0504. The summed E-state index contributed by atoms with van der Waals surface area (Å²) in [5, 5.41) is 2.52. The van der Waals surface area contributed by atoms with Crippen molar-refractivity contribution in [3.63, 3.8) is 0 Å². The molecular weight excluding hydrogens is 741 g/mol. The molecule has 308 valence electrons. The van der Waals surface area contributed by atoms with E-state index < -0.39 is 16.6 Å². The van der Waals surface area contributed by atoms with Crippen LogP contribution in [0.4, 0.5) is 0 Å². The molecule has 6 nitrogen and oxygen atoms in total. The second-order valence-corrected chi connectivity index (χ2v) is 27.1. The molecule has 0 spiro atoms. The van der Waals surface area contributed by atoms with Gasteiger partial charge in [0.25, 0.3) is 8.32 Å². The molecule has 4 aromatic carbocycles. The highest BCUT2D eigenvalue weighted by Gasteiger charge is 2.51. The van der Waals surface area contributed by atoms with Crippen LogP contribution in [0.1, 0.15) is 71.9 Å². The van der Waals surface area contributed by atoms with Gasteiger partial charge in [0.05, 0.1) is 58.5 Å². The molecule has 0 unspecified atom stereocenters. The Morgan fingerprint density at radius 3 is 1.84 bits per heavy atom. The number of hydrogen-bond donors (Lipinski definition) is 0. The molecule has 1 aliphatic heterocycles. The topological polar surface area (TPSA) is 55.4 Å². The van der Waals surface area contributed by atoms with Gasteiger partial charge in [-0.05, 0) is 69.6 Å². The van der Waals surface area contributed by atoms with Crippen molar-refractivity contribution >= 4 is 27.0 Å². The summed E-state index contributed by atoms with van der Waals surface area (Å²) in [4.78, 5) is 0. The summed E-state index contributed by atoms with van der Waals surface area (Å²) >= 11 is 0. The third-order valence-electron chi connectivity index (χ3n) is 11.7. The first-order valence-electron chi connectivity index (χ1n) is 20.8. The number of hydrogen-bond acceptors (Lipinski definition) is 6. The van der Waals surface area contributed by atoms with Gasteiger partial charge in [-0.1, -0.05) is 157 Å². The van der Waals surface area contributed by atoms with Crippen LogP contribution in [0.3, 0.4) is 0 Å². The fourth-order valence-corrected chi connectivity index (χ4v) is 13.5. The Balaban J connectivity index is 1.33. The van der Waals surface area contributed by atoms with Crippen molar-refractivity contribution in [2.75, 3.05) is 26.9 Å². The number of rotatable bonds is 20. The highest BCUT2D eigenvalue weighted by atomic mass is 28.4. The summed E-state index contributed by atoms with van der Waals surface area (Å²) in [6.07, 6.45) is 6.75. The molecule has 0 radical (unpaired) electrons. The maximum absolute atomic E-state index is 7.42. The Morgan fingerprint density at radius 1 is 0.719 bits per heavy atom. The van der Waals surface area contributed by atoms with Crippen LogP contribution in [0.2, 0.25) is 23.2 Å². The van der Waals surface area contributed by atoms with Crippen LogP contribution >= 0.6 is 0 Å². The van der Waals surface area contributed by atoms with Crippen molar-refractivity contribution in [1.82, 2.24) is 0 Å². The first-order chi connectivity index (χ1) is 27.2. The van der Waals surface area contributed by atoms with Crippen molar-refractivity contribution < 1.29 is 27.8 Å². The Hall–Kier alpha value is -3.35. The summed E-state index contributed by atoms with van der Waals surface area (Å²) < 4.78 is 39.5. The fourth-order valence-electron chi connectivity index (χ4n) is 7.53. The first-order valence-corrected chi connectivity index (χ1v) is 25.6. The second-order valence-electron chi connectivity index (χ2n) is 18.0. The lowest BCUT2D eigenvalue weighted by Crippen LogP contribution is -2.67. The average molecular weight is 809 g/mol. The van der Waals surface area contributed by atoms with E-state index in [1.165, 1.54) is 15.9 Å². The van der Waals surface area contributed by atoms with E-state index in [4.69, 9.17) is 27.8 Å². The molecule has 1 saturated heterocycles. The monoisotopic (exact) mass is 808 g/mol. The molecule has 4 atom stereocenters. The largest absolute Gasteiger partial charge is 0.497 e. The maximum atomic E-state index is 7.42. The van der Waals surface area contributed by atoms with Gasteiger partial charge in [0, 0.05) is 12.3 Å². The van der Waals surface area contributed by atoms with Gasteiger partial charge in [0.1, 0.15) is 5.75 Å². The third kappa shape index (κ3) is 12.3. The van der Waals surface area contributed by atoms with E-state index in [0.29, 0.717) is 33.0 Å². The lowest BCUT2D eigenvalue weighted by molar-refractivity contribution is -0.0207. The van der Waals surface area contributed by atoms with Crippen molar-refractivity contribution in [1.29, 1.82) is 0 Å². The highest BCUT2D eigenvalue weighted by molar-refractivity contribution is 6.99. The Morgan fingerprint density at radius 2 is 1.28 bits per heavy atom. The SMILES string of the molecule is COc1ccc(COCC/C=C/[C@H](COCc2ccccc2)C[C@H]2O[C@H](CO[Si](c3ccccc3)(c3ccccc3)C(C)(C)C)C[C@H]2O[Si](C)(C)C(C)(C)C)cc1. The minimum atomic E-state index is -2.74. The molecule has 0 aliphatic carbocycles. The molecule has 0 bridgehead atoms. The average Bonchev–Trinajstić information content (AvgIpc) is 3.56. The zero-order chi connectivity index (χ0) is 40.9. The predicted molar refractivity (Wildman–Crippen MR) is 240 cm³/mol. The van der Waals surface area contributed by atoms with Crippen LogP contribution in [-0.2, 0) is 36.3 Å². The van der Waals surface area contributed by atoms with Crippen LogP contribution in [0, 0.1) is 5.92 Å². The summed E-state index contributed by atoms with van der Waals surface area (Å²) in [5.41, 5.74) is 2.30. The van der Waals surface area contributed by atoms with Gasteiger partial charge >= 0.3 is 0 Å². The van der Waals surface area contributed by atoms with Crippen molar-refractivity contribution in [3.05, 3.63) is 139 Å². The van der Waals surface area contributed by atoms with Crippen LogP contribution in [0.15, 0.2) is 127 Å². The van der Waals surface area contributed by atoms with Crippen molar-refractivity contribution in [3.8, 4) is 5.75 Å². The summed E-state index contributed by atoms with van der Waals surface area (Å²) in [5.74, 6) is 0.991. The van der Waals surface area contributed by atoms with E-state index in [2.05, 4.69) is 152 Å². The molecule has 1 fully saturated rings. The van der Waals surface area contributed by atoms with Crippen LogP contribution in [-0.4, -0.2) is 61.9 Å². The number of benzene rings is 4. The second kappa shape index (κ2) is 20.6. The molecule has 0 aromatic heterocycles. The van der Waals surface area contributed by atoms with Gasteiger partial charge in [0.2, 0.25) is 0 Å². The van der Waals surface area contributed by atoms with Gasteiger partial charge in [-0.3, -0.25) is 0 Å². The molecular formula is C49H68O6Si2. The van der Waals surface area contributed by atoms with E-state index in [1.807, 2.05) is 30.3 Å². The number of methoxy groups -OCH3 is 1. The van der Waals surface area contributed by atoms with Gasteiger partial charge in [-0.2, -0.15) is 0 Å². The summed E-state index contributed by atoms with van der Waals surface area (Å²) in [7, 11) is -3.17. The minimum Gasteiger partial charge on any atom is -0.497 e. The van der Waals surface area contributed by atoms with Crippen LogP contribution in [0.5, 0.6) is 5.75 Å². The third-order valence-corrected chi connectivity index (χ3v) is 21.2. The lowest BCUT2D eigenvalue weighted by atomic mass is 9.98. The van der Waals surface area contributed by atoms with Gasteiger partial charge in [-0.25, -0.2) is 0 Å². The molecule has 57 heavy (non-hydrogen) atoms. The maximum Gasteiger partial charge on any atom is 0.261 e. The zero-order valence-electron chi connectivity index (χ0n) is 36.0. The number of ether oxygens (including phenoxy) is 4. The van der Waals surface area contributed by atoms with Crippen LogP contribution in [0.25, 0.3) is 0 Å². The molecule has 0 saturated carbocycles. The molecule has 0 amide bonds. The predicted octanol–water partition coefficient (Wildman–Crippen LogP) is 10.5. The summed E-state index contributed by atoms with van der Waals surface area (Å²) in [6, 6.07) is 40.2. The van der Waals surface area contributed by atoms with E-state index in [-0.39, 0.29) is 34.3 Å². The van der Waals surface area contributed by atoms with Crippen LogP contribution < -0.4 is 15.1 Å². The highest BCUT2D eigenvalue weighted by Crippen LogP contribution is 2.42. The molecule has 1 heterocycles. The van der Waals surface area contributed by atoms with E-state index in [9.17, 15) is 0 Å². The van der Waals surface area contributed by atoms with Gasteiger partial charge in [-0.15, -0.1) is 0 Å².